The number of aromatic nitrogens is 3. The average molecular weight is 319 g/mol. The summed E-state index contributed by atoms with van der Waals surface area (Å²) in [5.74, 6) is 1.89. The first-order chi connectivity index (χ1) is 11.1. The smallest absolute Gasteiger partial charge is 0.340 e. The van der Waals surface area contributed by atoms with Crippen molar-refractivity contribution in [3.8, 4) is 0 Å². The fourth-order valence-electron chi connectivity index (χ4n) is 2.67. The van der Waals surface area contributed by atoms with Crippen LogP contribution in [0.3, 0.4) is 0 Å². The zero-order chi connectivity index (χ0) is 16.2. The van der Waals surface area contributed by atoms with E-state index in [0.717, 1.165) is 31.3 Å². The van der Waals surface area contributed by atoms with Crippen molar-refractivity contribution in [3.63, 3.8) is 0 Å². The number of hydrogen-bond donors (Lipinski definition) is 3. The molecule has 124 valence electrons. The second-order valence-electron chi connectivity index (χ2n) is 6.03. The molecule has 0 unspecified atom stereocenters. The van der Waals surface area contributed by atoms with Crippen LogP contribution in [-0.4, -0.2) is 39.1 Å². The number of hydrogen-bond acceptors (Lipinski definition) is 5. The molecule has 2 aromatic heterocycles. The molecule has 0 saturated carbocycles. The number of amides is 1. The van der Waals surface area contributed by atoms with Gasteiger partial charge in [-0.2, -0.15) is 5.10 Å². The maximum absolute atomic E-state index is 12.0. The summed E-state index contributed by atoms with van der Waals surface area (Å²) in [5.41, 5.74) is -0.398. The lowest BCUT2D eigenvalue weighted by Gasteiger charge is -2.29. The van der Waals surface area contributed by atoms with E-state index in [1.807, 2.05) is 6.07 Å². The SMILES string of the molecule is CC1CCN(Cc2ccc(C(=O)NCc3n[nH]c(=O)[nH]3)o2)CC1. The molecule has 3 rings (SSSR count). The Labute approximate surface area is 133 Å². The molecule has 0 aromatic carbocycles. The number of H-pyrrole nitrogens is 2. The number of aromatic amines is 2. The monoisotopic (exact) mass is 319 g/mol. The molecular weight excluding hydrogens is 298 g/mol. The van der Waals surface area contributed by atoms with Crippen molar-refractivity contribution in [1.29, 1.82) is 0 Å². The molecule has 1 aliphatic rings. The maximum atomic E-state index is 12.0. The number of furan rings is 1. The number of rotatable bonds is 5. The predicted molar refractivity (Wildman–Crippen MR) is 82.8 cm³/mol. The Kier molecular flexibility index (Phi) is 4.61. The molecule has 8 nitrogen and oxygen atoms in total. The van der Waals surface area contributed by atoms with Gasteiger partial charge in [-0.1, -0.05) is 6.92 Å². The van der Waals surface area contributed by atoms with Crippen LogP contribution >= 0.6 is 0 Å². The van der Waals surface area contributed by atoms with Crippen LogP contribution in [0.2, 0.25) is 0 Å². The summed E-state index contributed by atoms with van der Waals surface area (Å²) in [7, 11) is 0. The summed E-state index contributed by atoms with van der Waals surface area (Å²) < 4.78 is 5.61. The molecule has 2 aromatic rings. The number of carbonyl (C=O) groups is 1. The largest absolute Gasteiger partial charge is 0.455 e. The van der Waals surface area contributed by atoms with E-state index in [2.05, 4.69) is 32.3 Å². The van der Waals surface area contributed by atoms with Crippen molar-refractivity contribution in [2.45, 2.75) is 32.9 Å². The second kappa shape index (κ2) is 6.82. The van der Waals surface area contributed by atoms with Crippen LogP contribution in [0.25, 0.3) is 0 Å². The first kappa shape index (κ1) is 15.5. The summed E-state index contributed by atoms with van der Waals surface area (Å²) in [5, 5.41) is 8.62. The molecule has 1 amide bonds. The minimum atomic E-state index is -0.398. The topological polar surface area (TPSA) is 107 Å². The van der Waals surface area contributed by atoms with E-state index in [-0.39, 0.29) is 18.2 Å². The molecule has 3 heterocycles. The minimum Gasteiger partial charge on any atom is -0.455 e. The van der Waals surface area contributed by atoms with Gasteiger partial charge in [-0.05, 0) is 44.0 Å². The van der Waals surface area contributed by atoms with Gasteiger partial charge in [0.1, 0.15) is 11.6 Å². The molecule has 1 fully saturated rings. The van der Waals surface area contributed by atoms with Crippen LogP contribution in [-0.2, 0) is 13.1 Å². The Morgan fingerprint density at radius 1 is 1.43 bits per heavy atom. The molecule has 0 atom stereocenters. The van der Waals surface area contributed by atoms with Crippen LogP contribution in [0.4, 0.5) is 0 Å². The molecule has 0 aliphatic carbocycles. The van der Waals surface area contributed by atoms with Gasteiger partial charge in [0.25, 0.3) is 5.91 Å². The number of nitrogens with zero attached hydrogens (tertiary/aromatic N) is 2. The van der Waals surface area contributed by atoms with Gasteiger partial charge in [-0.25, -0.2) is 9.89 Å². The second-order valence-corrected chi connectivity index (χ2v) is 6.03. The quantitative estimate of drug-likeness (QED) is 0.757. The predicted octanol–water partition coefficient (Wildman–Crippen LogP) is 0.853. The fourth-order valence-corrected chi connectivity index (χ4v) is 2.67. The highest BCUT2D eigenvalue weighted by Gasteiger charge is 2.18. The lowest BCUT2D eigenvalue weighted by Crippen LogP contribution is -2.32. The van der Waals surface area contributed by atoms with Gasteiger partial charge in [-0.15, -0.1) is 0 Å². The van der Waals surface area contributed by atoms with E-state index in [1.165, 1.54) is 12.8 Å². The lowest BCUT2D eigenvalue weighted by molar-refractivity contribution is 0.0916. The van der Waals surface area contributed by atoms with E-state index < -0.39 is 5.69 Å². The molecular formula is C15H21N5O3. The molecule has 8 heteroatoms. The van der Waals surface area contributed by atoms with Crippen molar-refractivity contribution >= 4 is 5.91 Å². The van der Waals surface area contributed by atoms with Crippen molar-refractivity contribution in [3.05, 3.63) is 40.0 Å². The Hall–Kier alpha value is -2.35. The van der Waals surface area contributed by atoms with Crippen molar-refractivity contribution in [2.24, 2.45) is 5.92 Å². The molecule has 0 spiro atoms. The molecule has 0 radical (unpaired) electrons. The summed E-state index contributed by atoms with van der Waals surface area (Å²) in [6, 6.07) is 3.51. The van der Waals surface area contributed by atoms with Gasteiger partial charge in [0.15, 0.2) is 5.76 Å². The Bertz CT molecular complexity index is 709. The third kappa shape index (κ3) is 4.10. The first-order valence-corrected chi connectivity index (χ1v) is 7.83. The van der Waals surface area contributed by atoms with Gasteiger partial charge < -0.3 is 9.73 Å². The Morgan fingerprint density at radius 2 is 2.22 bits per heavy atom. The minimum absolute atomic E-state index is 0.137. The number of likely N-dealkylation sites (tertiary alicyclic amines) is 1. The van der Waals surface area contributed by atoms with Gasteiger partial charge in [-0.3, -0.25) is 14.7 Å². The van der Waals surface area contributed by atoms with Gasteiger partial charge in [0.2, 0.25) is 0 Å². The van der Waals surface area contributed by atoms with Crippen LogP contribution in [0.15, 0.2) is 21.3 Å². The highest BCUT2D eigenvalue weighted by molar-refractivity contribution is 5.91. The molecule has 1 aliphatic heterocycles. The fraction of sp³-hybridized carbons (Fsp3) is 0.533. The standard InChI is InChI=1S/C15H21N5O3/c1-10-4-6-20(7-5-10)9-11-2-3-12(23-11)14(21)16-8-13-17-15(22)19-18-13/h2-3,10H,4-9H2,1H3,(H,16,21)(H2,17,18,19,22). The van der Waals surface area contributed by atoms with Crippen LogP contribution in [0.1, 0.15) is 41.9 Å². The Balaban J connectivity index is 1.51. The molecule has 1 saturated heterocycles. The highest BCUT2D eigenvalue weighted by atomic mass is 16.4. The van der Waals surface area contributed by atoms with Crippen LogP contribution in [0, 0.1) is 5.92 Å². The summed E-state index contributed by atoms with van der Waals surface area (Å²) >= 11 is 0. The number of nitrogens with one attached hydrogen (secondary N) is 3. The van der Waals surface area contributed by atoms with Crippen LogP contribution < -0.4 is 11.0 Å². The van der Waals surface area contributed by atoms with Crippen LogP contribution in [0.5, 0.6) is 0 Å². The zero-order valence-electron chi connectivity index (χ0n) is 13.1. The first-order valence-electron chi connectivity index (χ1n) is 7.83. The zero-order valence-corrected chi connectivity index (χ0v) is 13.1. The van der Waals surface area contributed by atoms with E-state index in [4.69, 9.17) is 4.42 Å². The lowest BCUT2D eigenvalue weighted by atomic mass is 9.99. The highest BCUT2D eigenvalue weighted by Crippen LogP contribution is 2.19. The number of carbonyl (C=O) groups excluding carboxylic acids is 1. The maximum Gasteiger partial charge on any atom is 0.340 e. The molecule has 23 heavy (non-hydrogen) atoms. The summed E-state index contributed by atoms with van der Waals surface area (Å²) in [6.45, 7) is 5.27. The van der Waals surface area contributed by atoms with Crippen molar-refractivity contribution in [1.82, 2.24) is 25.4 Å². The van der Waals surface area contributed by atoms with Gasteiger partial charge in [0, 0.05) is 0 Å². The summed E-state index contributed by atoms with van der Waals surface area (Å²) in [4.78, 5) is 27.7. The van der Waals surface area contributed by atoms with Gasteiger partial charge >= 0.3 is 5.69 Å². The summed E-state index contributed by atoms with van der Waals surface area (Å²) in [6.07, 6.45) is 2.41. The van der Waals surface area contributed by atoms with E-state index in [9.17, 15) is 9.59 Å². The Morgan fingerprint density at radius 3 is 2.91 bits per heavy atom. The van der Waals surface area contributed by atoms with Gasteiger partial charge in [0.05, 0.1) is 13.1 Å². The third-order valence-electron chi connectivity index (χ3n) is 4.11. The molecule has 3 N–H and O–H groups in total. The van der Waals surface area contributed by atoms with Crippen molar-refractivity contribution < 1.29 is 9.21 Å². The normalized spacial score (nSPS) is 16.6. The average Bonchev–Trinajstić information content (AvgIpc) is 3.16. The van der Waals surface area contributed by atoms with Crippen molar-refractivity contribution in [2.75, 3.05) is 13.1 Å². The third-order valence-corrected chi connectivity index (χ3v) is 4.11. The molecule has 0 bridgehead atoms. The van der Waals surface area contributed by atoms with E-state index in [1.54, 1.807) is 6.07 Å². The number of piperidine rings is 1. The van der Waals surface area contributed by atoms with E-state index >= 15 is 0 Å². The van der Waals surface area contributed by atoms with E-state index in [0.29, 0.717) is 5.82 Å².